The zero-order chi connectivity index (χ0) is 22.1. The van der Waals surface area contributed by atoms with Gasteiger partial charge in [0.1, 0.15) is 16.6 Å². The highest BCUT2D eigenvalue weighted by Crippen LogP contribution is 2.29. The molecule has 0 saturated carbocycles. The molecule has 0 spiro atoms. The summed E-state index contributed by atoms with van der Waals surface area (Å²) in [6.45, 7) is 8.27. The second kappa shape index (κ2) is 8.35. The Morgan fingerprint density at radius 3 is 2.55 bits per heavy atom. The number of nitrogens with one attached hydrogen (secondary N) is 3. The summed E-state index contributed by atoms with van der Waals surface area (Å²) in [5, 5.41) is 10.9. The summed E-state index contributed by atoms with van der Waals surface area (Å²) < 4.78 is 1.75. The van der Waals surface area contributed by atoms with E-state index in [9.17, 15) is 4.79 Å². The van der Waals surface area contributed by atoms with E-state index in [4.69, 9.17) is 0 Å². The number of fused-ring (bicyclic) bond motifs is 1. The molecular formula is C22H25N7OS. The van der Waals surface area contributed by atoms with E-state index in [1.54, 1.807) is 4.68 Å². The SMILES string of the molecule is Cc1ccc(-c2nc(NC(=O)NNc3cc(C(C)C)c4c(C)nn(C)c4n3)cs2)cc1. The molecule has 4 rings (SSSR count). The third kappa shape index (κ3) is 4.36. The number of thiazole rings is 1. The summed E-state index contributed by atoms with van der Waals surface area (Å²) in [5.41, 5.74) is 10.6. The first kappa shape index (κ1) is 20.8. The number of benzene rings is 1. The quantitative estimate of drug-likeness (QED) is 0.384. The van der Waals surface area contributed by atoms with Gasteiger partial charge < -0.3 is 0 Å². The predicted octanol–water partition coefficient (Wildman–Crippen LogP) is 4.98. The Hall–Kier alpha value is -3.46. The Balaban J connectivity index is 1.45. The molecule has 0 saturated heterocycles. The number of rotatable bonds is 5. The molecule has 1 aromatic carbocycles. The average molecular weight is 436 g/mol. The maximum absolute atomic E-state index is 12.4. The van der Waals surface area contributed by atoms with Crippen LogP contribution in [0.2, 0.25) is 0 Å². The van der Waals surface area contributed by atoms with Gasteiger partial charge >= 0.3 is 6.03 Å². The summed E-state index contributed by atoms with van der Waals surface area (Å²) in [6, 6.07) is 9.65. The fourth-order valence-electron chi connectivity index (χ4n) is 3.43. The molecule has 3 heterocycles. The van der Waals surface area contributed by atoms with Gasteiger partial charge in [0.15, 0.2) is 5.65 Å². The maximum atomic E-state index is 12.4. The summed E-state index contributed by atoms with van der Waals surface area (Å²) in [7, 11) is 1.87. The van der Waals surface area contributed by atoms with E-state index < -0.39 is 6.03 Å². The number of hydrazine groups is 1. The fraction of sp³-hybridized carbons (Fsp3) is 0.273. The van der Waals surface area contributed by atoms with E-state index in [0.29, 0.717) is 11.6 Å². The smallest absolute Gasteiger partial charge is 0.290 e. The monoisotopic (exact) mass is 435 g/mol. The van der Waals surface area contributed by atoms with Gasteiger partial charge in [0.05, 0.1) is 5.69 Å². The standard InChI is InChI=1S/C22H25N7OS/c1-12(2)16-10-17(23-20-19(16)14(4)28-29(20)5)26-27-22(30)25-18-11-31-21(24-18)15-8-6-13(3)7-9-15/h6-12H,1-5H3,(H,23,26)(H2,25,27,30). The molecule has 0 aliphatic carbocycles. The van der Waals surface area contributed by atoms with Crippen LogP contribution in [0.5, 0.6) is 0 Å². The minimum atomic E-state index is -0.421. The lowest BCUT2D eigenvalue weighted by Crippen LogP contribution is -2.34. The van der Waals surface area contributed by atoms with Gasteiger partial charge in [0.25, 0.3) is 0 Å². The van der Waals surface area contributed by atoms with Gasteiger partial charge in [-0.2, -0.15) is 5.10 Å². The highest BCUT2D eigenvalue weighted by molar-refractivity contribution is 7.13. The van der Waals surface area contributed by atoms with Crippen LogP contribution in [0.4, 0.5) is 16.4 Å². The predicted molar refractivity (Wildman–Crippen MR) is 125 cm³/mol. The minimum Gasteiger partial charge on any atom is -0.290 e. The molecule has 3 aromatic heterocycles. The molecule has 0 radical (unpaired) electrons. The number of urea groups is 1. The Kier molecular flexibility index (Phi) is 5.60. The molecule has 3 N–H and O–H groups in total. The maximum Gasteiger partial charge on any atom is 0.339 e. The van der Waals surface area contributed by atoms with Crippen molar-refractivity contribution in [2.45, 2.75) is 33.6 Å². The molecule has 0 atom stereocenters. The molecule has 31 heavy (non-hydrogen) atoms. The zero-order valence-electron chi connectivity index (χ0n) is 18.1. The Labute approximate surface area is 184 Å². The number of nitrogens with zero attached hydrogens (tertiary/aromatic N) is 4. The molecule has 160 valence electrons. The van der Waals surface area contributed by atoms with Crippen LogP contribution in [0.15, 0.2) is 35.7 Å². The first-order valence-corrected chi connectivity index (χ1v) is 10.9. The van der Waals surface area contributed by atoms with Gasteiger partial charge in [-0.3, -0.25) is 15.4 Å². The summed E-state index contributed by atoms with van der Waals surface area (Å²) in [4.78, 5) is 21.5. The van der Waals surface area contributed by atoms with Crippen molar-refractivity contribution >= 4 is 40.0 Å². The second-order valence-electron chi connectivity index (χ2n) is 7.77. The minimum absolute atomic E-state index is 0.290. The molecule has 2 amide bonds. The van der Waals surface area contributed by atoms with Crippen molar-refractivity contribution in [3.8, 4) is 10.6 Å². The van der Waals surface area contributed by atoms with Gasteiger partial charge in [0.2, 0.25) is 0 Å². The van der Waals surface area contributed by atoms with Crippen LogP contribution < -0.4 is 16.2 Å². The van der Waals surface area contributed by atoms with Gasteiger partial charge in [-0.15, -0.1) is 11.3 Å². The fourth-order valence-corrected chi connectivity index (χ4v) is 4.18. The van der Waals surface area contributed by atoms with Gasteiger partial charge in [-0.05, 0) is 31.4 Å². The van der Waals surface area contributed by atoms with E-state index >= 15 is 0 Å². The first-order chi connectivity index (χ1) is 14.8. The first-order valence-electron chi connectivity index (χ1n) is 10.0. The third-order valence-corrected chi connectivity index (χ3v) is 5.86. The number of hydrogen-bond acceptors (Lipinski definition) is 6. The molecule has 0 fully saturated rings. The molecule has 8 nitrogen and oxygen atoms in total. The summed E-state index contributed by atoms with van der Waals surface area (Å²) in [6.07, 6.45) is 0. The largest absolute Gasteiger partial charge is 0.339 e. The summed E-state index contributed by atoms with van der Waals surface area (Å²) >= 11 is 1.48. The zero-order valence-corrected chi connectivity index (χ0v) is 19.0. The van der Waals surface area contributed by atoms with Crippen LogP contribution in [0.3, 0.4) is 0 Å². The van der Waals surface area contributed by atoms with Crippen LogP contribution in [-0.2, 0) is 7.05 Å². The van der Waals surface area contributed by atoms with Crippen molar-refractivity contribution in [1.29, 1.82) is 0 Å². The van der Waals surface area contributed by atoms with E-state index in [1.165, 1.54) is 16.9 Å². The number of carbonyl (C=O) groups is 1. The van der Waals surface area contributed by atoms with Crippen molar-refractivity contribution in [3.05, 3.63) is 52.5 Å². The number of pyridine rings is 1. The van der Waals surface area contributed by atoms with Crippen molar-refractivity contribution in [2.75, 3.05) is 10.7 Å². The topological polar surface area (TPSA) is 96.8 Å². The third-order valence-electron chi connectivity index (χ3n) is 4.97. The lowest BCUT2D eigenvalue weighted by molar-refractivity contribution is 0.253. The Morgan fingerprint density at radius 1 is 1.10 bits per heavy atom. The molecule has 0 aliphatic heterocycles. The highest BCUT2D eigenvalue weighted by Gasteiger charge is 2.16. The van der Waals surface area contributed by atoms with E-state index in [2.05, 4.69) is 45.1 Å². The lowest BCUT2D eigenvalue weighted by Gasteiger charge is -2.13. The van der Waals surface area contributed by atoms with E-state index in [0.717, 1.165) is 32.9 Å². The van der Waals surface area contributed by atoms with Crippen LogP contribution >= 0.6 is 11.3 Å². The Morgan fingerprint density at radius 2 is 1.84 bits per heavy atom. The Bertz CT molecular complexity index is 1240. The molecule has 9 heteroatoms. The van der Waals surface area contributed by atoms with Crippen LogP contribution in [0.25, 0.3) is 21.6 Å². The van der Waals surface area contributed by atoms with Gasteiger partial charge in [0, 0.05) is 23.4 Å². The van der Waals surface area contributed by atoms with E-state index in [-0.39, 0.29) is 5.92 Å². The number of anilines is 2. The normalized spacial score (nSPS) is 11.2. The van der Waals surface area contributed by atoms with Crippen LogP contribution in [-0.4, -0.2) is 25.8 Å². The van der Waals surface area contributed by atoms with Crippen molar-refractivity contribution in [1.82, 2.24) is 25.2 Å². The number of carbonyl (C=O) groups excluding carboxylic acids is 1. The molecule has 0 bridgehead atoms. The average Bonchev–Trinajstić information content (AvgIpc) is 3.31. The summed E-state index contributed by atoms with van der Waals surface area (Å²) in [5.74, 6) is 1.33. The molecule has 0 aliphatic rings. The molecule has 4 aromatic rings. The molecular weight excluding hydrogens is 410 g/mol. The van der Waals surface area contributed by atoms with Crippen LogP contribution in [0, 0.1) is 13.8 Å². The molecule has 0 unspecified atom stereocenters. The van der Waals surface area contributed by atoms with Crippen molar-refractivity contribution in [3.63, 3.8) is 0 Å². The second-order valence-corrected chi connectivity index (χ2v) is 8.63. The van der Waals surface area contributed by atoms with Crippen molar-refractivity contribution < 1.29 is 4.79 Å². The van der Waals surface area contributed by atoms with Gasteiger partial charge in [-0.1, -0.05) is 43.7 Å². The lowest BCUT2D eigenvalue weighted by atomic mass is 10.00. The van der Waals surface area contributed by atoms with Gasteiger partial charge in [-0.25, -0.2) is 20.2 Å². The number of aromatic nitrogens is 4. The number of aryl methyl sites for hydroxylation is 3. The number of amides is 2. The van der Waals surface area contributed by atoms with E-state index in [1.807, 2.05) is 56.6 Å². The van der Waals surface area contributed by atoms with Crippen LogP contribution in [0.1, 0.15) is 36.6 Å². The highest BCUT2D eigenvalue weighted by atomic mass is 32.1. The number of hydrogen-bond donors (Lipinski definition) is 3. The van der Waals surface area contributed by atoms with Crippen molar-refractivity contribution in [2.24, 2.45) is 7.05 Å².